The van der Waals surface area contributed by atoms with Crippen molar-refractivity contribution in [1.82, 2.24) is 20.1 Å². The Hall–Kier alpha value is -2.49. The van der Waals surface area contributed by atoms with E-state index in [0.717, 1.165) is 4.68 Å². The van der Waals surface area contributed by atoms with Crippen LogP contribution in [0.15, 0.2) is 58.6 Å². The number of benzene rings is 1. The fourth-order valence-corrected chi connectivity index (χ4v) is 3.85. The van der Waals surface area contributed by atoms with Crippen molar-refractivity contribution >= 4 is 22.2 Å². The van der Waals surface area contributed by atoms with Gasteiger partial charge in [-0.3, -0.25) is 0 Å². The van der Waals surface area contributed by atoms with Crippen molar-refractivity contribution in [2.24, 2.45) is 0 Å². The van der Waals surface area contributed by atoms with Gasteiger partial charge in [0.1, 0.15) is 11.4 Å². The van der Waals surface area contributed by atoms with Gasteiger partial charge in [0.15, 0.2) is 5.03 Å². The van der Waals surface area contributed by atoms with E-state index in [2.05, 4.69) is 15.4 Å². The third kappa shape index (κ3) is 4.10. The summed E-state index contributed by atoms with van der Waals surface area (Å²) in [5, 5.41) is 6.99. The molecule has 1 aromatic carbocycles. The van der Waals surface area contributed by atoms with Crippen molar-refractivity contribution < 1.29 is 17.5 Å². The largest absolute Gasteiger partial charge is 0.497 e. The Kier molecular flexibility index (Phi) is 6.53. The lowest BCUT2D eigenvalue weighted by Crippen LogP contribution is -2.12. The molecule has 0 radical (unpaired) electrons. The standard InChI is InChI=1S/C17H17FN4O3S.ClH/c1-19-11-12-10-16(22(21-12)15-4-3-9-20-17(15)18)26(23,24)14-7-5-13(25-2)6-8-14;/h3-10,19H,11H2,1-2H3;1H. The van der Waals surface area contributed by atoms with E-state index in [4.69, 9.17) is 4.74 Å². The number of nitrogens with zero attached hydrogens (tertiary/aromatic N) is 3. The van der Waals surface area contributed by atoms with Crippen LogP contribution in [-0.2, 0) is 16.4 Å². The monoisotopic (exact) mass is 412 g/mol. The lowest BCUT2D eigenvalue weighted by atomic mass is 10.3. The van der Waals surface area contributed by atoms with Crippen molar-refractivity contribution in [3.05, 3.63) is 60.3 Å². The van der Waals surface area contributed by atoms with Gasteiger partial charge in [-0.1, -0.05) is 0 Å². The van der Waals surface area contributed by atoms with Crippen LogP contribution in [0.1, 0.15) is 5.69 Å². The van der Waals surface area contributed by atoms with E-state index in [0.29, 0.717) is 18.0 Å². The van der Waals surface area contributed by atoms with Crippen molar-refractivity contribution in [3.8, 4) is 11.4 Å². The number of sulfone groups is 1. The molecular weight excluding hydrogens is 395 g/mol. The van der Waals surface area contributed by atoms with E-state index in [-0.39, 0.29) is 28.0 Å². The molecule has 7 nitrogen and oxygen atoms in total. The number of halogens is 2. The Morgan fingerprint density at radius 2 is 1.93 bits per heavy atom. The zero-order chi connectivity index (χ0) is 18.7. The Morgan fingerprint density at radius 3 is 2.52 bits per heavy atom. The number of pyridine rings is 1. The summed E-state index contributed by atoms with van der Waals surface area (Å²) in [6, 6.07) is 10.3. The first-order chi connectivity index (χ1) is 12.5. The Balaban J connectivity index is 0.00000261. The molecule has 0 saturated heterocycles. The van der Waals surface area contributed by atoms with Crippen molar-refractivity contribution in [2.45, 2.75) is 16.5 Å². The Labute approximate surface area is 162 Å². The highest BCUT2D eigenvalue weighted by Crippen LogP contribution is 2.26. The maximum atomic E-state index is 14.1. The first-order valence-corrected chi connectivity index (χ1v) is 9.19. The summed E-state index contributed by atoms with van der Waals surface area (Å²) < 4.78 is 46.4. The van der Waals surface area contributed by atoms with Crippen LogP contribution in [-0.4, -0.2) is 37.3 Å². The van der Waals surface area contributed by atoms with E-state index < -0.39 is 15.8 Å². The summed E-state index contributed by atoms with van der Waals surface area (Å²) in [6.45, 7) is 0.333. The summed E-state index contributed by atoms with van der Waals surface area (Å²) in [7, 11) is -0.731. The van der Waals surface area contributed by atoms with E-state index in [1.165, 1.54) is 43.6 Å². The predicted molar refractivity (Wildman–Crippen MR) is 99.8 cm³/mol. The molecule has 0 aliphatic rings. The molecular formula is C17H18ClFN4O3S. The topological polar surface area (TPSA) is 86.1 Å². The second-order valence-electron chi connectivity index (χ2n) is 5.41. The number of aromatic nitrogens is 3. The quantitative estimate of drug-likeness (QED) is 0.625. The molecule has 3 rings (SSSR count). The highest BCUT2D eigenvalue weighted by molar-refractivity contribution is 7.91. The minimum absolute atomic E-state index is 0. The lowest BCUT2D eigenvalue weighted by molar-refractivity contribution is 0.414. The van der Waals surface area contributed by atoms with E-state index >= 15 is 0 Å². The molecule has 0 amide bonds. The van der Waals surface area contributed by atoms with Crippen LogP contribution in [0.4, 0.5) is 4.39 Å². The summed E-state index contributed by atoms with van der Waals surface area (Å²) in [4.78, 5) is 3.63. The molecule has 2 aromatic heterocycles. The molecule has 144 valence electrons. The van der Waals surface area contributed by atoms with Crippen LogP contribution in [0.25, 0.3) is 5.69 Å². The fraction of sp³-hybridized carbons (Fsp3) is 0.176. The van der Waals surface area contributed by atoms with Gasteiger partial charge in [0.25, 0.3) is 0 Å². The van der Waals surface area contributed by atoms with Crippen LogP contribution >= 0.6 is 12.4 Å². The molecule has 0 bridgehead atoms. The van der Waals surface area contributed by atoms with Gasteiger partial charge in [-0.05, 0) is 43.4 Å². The third-order valence-electron chi connectivity index (χ3n) is 3.70. The summed E-state index contributed by atoms with van der Waals surface area (Å²) in [6.07, 6.45) is 1.29. The van der Waals surface area contributed by atoms with Crippen molar-refractivity contribution in [3.63, 3.8) is 0 Å². The van der Waals surface area contributed by atoms with Gasteiger partial charge in [-0.25, -0.2) is 18.1 Å². The second-order valence-corrected chi connectivity index (χ2v) is 7.30. The van der Waals surface area contributed by atoms with Crippen LogP contribution in [0, 0.1) is 5.95 Å². The van der Waals surface area contributed by atoms with E-state index in [1.807, 2.05) is 0 Å². The molecule has 3 aromatic rings. The summed E-state index contributed by atoms with van der Waals surface area (Å²) in [5.74, 6) is -0.274. The number of methoxy groups -OCH3 is 1. The average molecular weight is 413 g/mol. The minimum atomic E-state index is -3.93. The molecule has 2 heterocycles. The van der Waals surface area contributed by atoms with Crippen LogP contribution < -0.4 is 10.1 Å². The van der Waals surface area contributed by atoms with Crippen molar-refractivity contribution in [2.75, 3.05) is 14.2 Å². The molecule has 0 saturated carbocycles. The number of hydrogen-bond acceptors (Lipinski definition) is 6. The number of ether oxygens (including phenoxy) is 1. The molecule has 0 aliphatic heterocycles. The molecule has 27 heavy (non-hydrogen) atoms. The SMILES string of the molecule is CNCc1cc(S(=O)(=O)c2ccc(OC)cc2)n(-c2cccnc2F)n1.Cl. The van der Waals surface area contributed by atoms with Gasteiger partial charge in [-0.2, -0.15) is 9.49 Å². The van der Waals surface area contributed by atoms with Crippen LogP contribution in [0.3, 0.4) is 0 Å². The summed E-state index contributed by atoms with van der Waals surface area (Å²) >= 11 is 0. The molecule has 0 aliphatic carbocycles. The van der Waals surface area contributed by atoms with Gasteiger partial charge in [0.2, 0.25) is 15.8 Å². The Bertz CT molecular complexity index is 1020. The first-order valence-electron chi connectivity index (χ1n) is 7.71. The number of hydrogen-bond donors (Lipinski definition) is 1. The fourth-order valence-electron chi connectivity index (χ4n) is 2.45. The molecule has 1 N–H and O–H groups in total. The molecule has 0 spiro atoms. The van der Waals surface area contributed by atoms with Gasteiger partial charge in [0.05, 0.1) is 17.7 Å². The molecule has 0 unspecified atom stereocenters. The highest BCUT2D eigenvalue weighted by Gasteiger charge is 2.26. The maximum absolute atomic E-state index is 14.1. The Morgan fingerprint density at radius 1 is 1.22 bits per heavy atom. The number of rotatable bonds is 6. The van der Waals surface area contributed by atoms with E-state index in [1.54, 1.807) is 19.2 Å². The predicted octanol–water partition coefficient (Wildman–Crippen LogP) is 2.39. The molecule has 10 heteroatoms. The minimum Gasteiger partial charge on any atom is -0.497 e. The summed E-state index contributed by atoms with van der Waals surface area (Å²) in [5.41, 5.74) is 0.421. The zero-order valence-electron chi connectivity index (χ0n) is 14.6. The first kappa shape index (κ1) is 20.8. The second kappa shape index (κ2) is 8.47. The zero-order valence-corrected chi connectivity index (χ0v) is 16.2. The van der Waals surface area contributed by atoms with Gasteiger partial charge in [-0.15, -0.1) is 12.4 Å². The van der Waals surface area contributed by atoms with Gasteiger partial charge >= 0.3 is 0 Å². The van der Waals surface area contributed by atoms with Crippen LogP contribution in [0.2, 0.25) is 0 Å². The smallest absolute Gasteiger partial charge is 0.238 e. The molecule has 0 fully saturated rings. The normalized spacial score (nSPS) is 11.1. The van der Waals surface area contributed by atoms with Gasteiger partial charge < -0.3 is 10.1 Å². The third-order valence-corrected chi connectivity index (χ3v) is 5.43. The lowest BCUT2D eigenvalue weighted by Gasteiger charge is -2.09. The van der Waals surface area contributed by atoms with E-state index in [9.17, 15) is 12.8 Å². The highest BCUT2D eigenvalue weighted by atomic mass is 35.5. The number of nitrogens with one attached hydrogen (secondary N) is 1. The average Bonchev–Trinajstić information content (AvgIpc) is 3.07. The van der Waals surface area contributed by atoms with Gasteiger partial charge in [0, 0.05) is 18.8 Å². The molecule has 0 atom stereocenters. The van der Waals surface area contributed by atoms with Crippen LogP contribution in [0.5, 0.6) is 5.75 Å². The maximum Gasteiger partial charge on any atom is 0.238 e. The van der Waals surface area contributed by atoms with Crippen molar-refractivity contribution in [1.29, 1.82) is 0 Å².